The molecule has 0 spiro atoms. The monoisotopic (exact) mass is 310 g/mol. The van der Waals surface area contributed by atoms with Gasteiger partial charge in [0.2, 0.25) is 0 Å². The summed E-state index contributed by atoms with van der Waals surface area (Å²) in [4.78, 5) is 0. The van der Waals surface area contributed by atoms with Crippen molar-refractivity contribution in [3.63, 3.8) is 0 Å². The zero-order valence-electron chi connectivity index (χ0n) is 13.1. The van der Waals surface area contributed by atoms with E-state index in [2.05, 4.69) is 5.10 Å². The van der Waals surface area contributed by atoms with Crippen molar-refractivity contribution in [2.75, 3.05) is 13.7 Å². The van der Waals surface area contributed by atoms with Crippen molar-refractivity contribution in [2.24, 2.45) is 5.10 Å². The third-order valence-corrected chi connectivity index (χ3v) is 4.47. The summed E-state index contributed by atoms with van der Waals surface area (Å²) in [5.41, 5.74) is -3.34. The van der Waals surface area contributed by atoms with Crippen molar-refractivity contribution in [3.05, 3.63) is 0 Å². The van der Waals surface area contributed by atoms with E-state index in [0.717, 1.165) is 25.7 Å². The molecule has 0 aromatic rings. The van der Waals surface area contributed by atoms with Gasteiger partial charge in [0.15, 0.2) is 5.60 Å². The highest BCUT2D eigenvalue weighted by Crippen LogP contribution is 2.35. The first kappa shape index (κ1) is 18.2. The van der Waals surface area contributed by atoms with Gasteiger partial charge in [-0.05, 0) is 32.6 Å². The zero-order chi connectivity index (χ0) is 16.3. The molecule has 1 aliphatic heterocycles. The van der Waals surface area contributed by atoms with Crippen LogP contribution in [0.4, 0.5) is 13.2 Å². The Hall–Kier alpha value is -0.820. The second-order valence-electron chi connectivity index (χ2n) is 5.69. The molecule has 1 N–H and O–H groups in total. The van der Waals surface area contributed by atoms with Crippen LogP contribution in [0.15, 0.2) is 5.10 Å². The van der Waals surface area contributed by atoms with E-state index in [1.807, 2.05) is 13.8 Å². The molecule has 0 aromatic carbocycles. The van der Waals surface area contributed by atoms with Crippen LogP contribution < -0.4 is 0 Å². The molecule has 7 heteroatoms. The van der Waals surface area contributed by atoms with Gasteiger partial charge in [0.1, 0.15) is 0 Å². The van der Waals surface area contributed by atoms with E-state index < -0.39 is 17.4 Å². The second kappa shape index (κ2) is 6.52. The lowest BCUT2D eigenvalue weighted by Crippen LogP contribution is -2.50. The Kier molecular flexibility index (Phi) is 5.66. The van der Waals surface area contributed by atoms with Crippen LogP contribution in [-0.4, -0.2) is 53.4 Å². The number of alkyl halides is 3. The number of rotatable bonds is 6. The molecule has 0 radical (unpaired) electrons. The van der Waals surface area contributed by atoms with E-state index in [1.165, 1.54) is 0 Å². The van der Waals surface area contributed by atoms with Gasteiger partial charge in [-0.1, -0.05) is 13.8 Å². The van der Waals surface area contributed by atoms with E-state index in [4.69, 9.17) is 4.74 Å². The minimum absolute atomic E-state index is 0.0715. The number of nitrogens with zero attached hydrogens (tertiary/aromatic N) is 2. The molecule has 1 rings (SSSR count). The average Bonchev–Trinajstić information content (AvgIpc) is 2.87. The summed E-state index contributed by atoms with van der Waals surface area (Å²) in [6.45, 7) is 5.27. The molecule has 1 saturated heterocycles. The van der Waals surface area contributed by atoms with Crippen molar-refractivity contribution in [3.8, 4) is 0 Å². The van der Waals surface area contributed by atoms with Gasteiger partial charge in [0.25, 0.3) is 0 Å². The largest absolute Gasteiger partial charge is 0.422 e. The number of hydrazone groups is 1. The van der Waals surface area contributed by atoms with Gasteiger partial charge >= 0.3 is 6.18 Å². The number of aliphatic hydroxyl groups is 1. The SMILES string of the molecule is CCC(CC)(OC)[C@@H]1CCCN1/N=C/[C@](C)(O)C(F)(F)F. The normalized spacial score (nSPS) is 23.8. The minimum Gasteiger partial charge on any atom is -0.376 e. The average molecular weight is 310 g/mol. The molecule has 0 saturated carbocycles. The molecule has 124 valence electrons. The fraction of sp³-hybridized carbons (Fsp3) is 0.929. The molecule has 0 amide bonds. The Morgan fingerprint density at radius 1 is 1.33 bits per heavy atom. The third-order valence-electron chi connectivity index (χ3n) is 4.47. The van der Waals surface area contributed by atoms with Gasteiger partial charge in [-0.15, -0.1) is 0 Å². The molecule has 0 aromatic heterocycles. The van der Waals surface area contributed by atoms with E-state index in [0.29, 0.717) is 19.7 Å². The Morgan fingerprint density at radius 2 is 1.90 bits per heavy atom. The molecule has 1 aliphatic rings. The standard InChI is InChI=1S/C14H25F3N2O2/c1-5-13(6-2,21-4)11-8-7-9-19(11)18-10-12(3,20)14(15,16)17/h10-11,20H,5-9H2,1-4H3/b18-10+/t11-,12-/m0/s1. The van der Waals surface area contributed by atoms with Crippen LogP contribution >= 0.6 is 0 Å². The number of halogens is 3. The summed E-state index contributed by atoms with van der Waals surface area (Å²) in [5.74, 6) is 0. The predicted octanol–water partition coefficient (Wildman–Crippen LogP) is 2.96. The van der Waals surface area contributed by atoms with Crippen molar-refractivity contribution < 1.29 is 23.0 Å². The van der Waals surface area contributed by atoms with Crippen LogP contribution in [-0.2, 0) is 4.74 Å². The second-order valence-corrected chi connectivity index (χ2v) is 5.69. The fourth-order valence-electron chi connectivity index (χ4n) is 2.83. The molecule has 1 fully saturated rings. The highest BCUT2D eigenvalue weighted by atomic mass is 19.4. The first-order chi connectivity index (χ1) is 9.63. The Bertz CT molecular complexity index is 357. The van der Waals surface area contributed by atoms with E-state index in [9.17, 15) is 18.3 Å². The van der Waals surface area contributed by atoms with Crippen LogP contribution in [0.5, 0.6) is 0 Å². The quantitative estimate of drug-likeness (QED) is 0.767. The van der Waals surface area contributed by atoms with Crippen LogP contribution in [0, 0.1) is 0 Å². The Balaban J connectivity index is 2.93. The summed E-state index contributed by atoms with van der Waals surface area (Å²) in [6, 6.07) is -0.0715. The molecular weight excluding hydrogens is 285 g/mol. The third kappa shape index (κ3) is 3.69. The highest BCUT2D eigenvalue weighted by molar-refractivity contribution is 5.68. The van der Waals surface area contributed by atoms with E-state index in [-0.39, 0.29) is 6.04 Å². The molecule has 2 atom stereocenters. The van der Waals surface area contributed by atoms with E-state index in [1.54, 1.807) is 12.1 Å². The minimum atomic E-state index is -4.74. The number of hydrogen-bond acceptors (Lipinski definition) is 4. The van der Waals surface area contributed by atoms with Gasteiger partial charge in [-0.2, -0.15) is 18.3 Å². The summed E-state index contributed by atoms with van der Waals surface area (Å²) in [5, 5.41) is 15.0. The highest BCUT2D eigenvalue weighted by Gasteiger charge is 2.49. The van der Waals surface area contributed by atoms with Crippen molar-refractivity contribution >= 4 is 6.21 Å². The molecule has 0 bridgehead atoms. The van der Waals surface area contributed by atoms with Gasteiger partial charge < -0.3 is 9.84 Å². The lowest BCUT2D eigenvalue weighted by Gasteiger charge is -2.40. The van der Waals surface area contributed by atoms with Gasteiger partial charge in [0.05, 0.1) is 17.9 Å². The lowest BCUT2D eigenvalue weighted by atomic mass is 9.87. The van der Waals surface area contributed by atoms with Gasteiger partial charge in [0, 0.05) is 13.7 Å². The topological polar surface area (TPSA) is 45.1 Å². The first-order valence-electron chi connectivity index (χ1n) is 7.29. The molecule has 0 unspecified atom stereocenters. The van der Waals surface area contributed by atoms with Crippen molar-refractivity contribution in [2.45, 2.75) is 69.9 Å². The molecule has 4 nitrogen and oxygen atoms in total. The maximum absolute atomic E-state index is 12.7. The van der Waals surface area contributed by atoms with Crippen LogP contribution in [0.25, 0.3) is 0 Å². The summed E-state index contributed by atoms with van der Waals surface area (Å²) < 4.78 is 43.6. The van der Waals surface area contributed by atoms with Crippen LogP contribution in [0.3, 0.4) is 0 Å². The molecule has 0 aliphatic carbocycles. The summed E-state index contributed by atoms with van der Waals surface area (Å²) in [6.07, 6.45) is -0.975. The Labute approximate surface area is 124 Å². The molecule has 1 heterocycles. The first-order valence-corrected chi connectivity index (χ1v) is 7.29. The number of methoxy groups -OCH3 is 1. The summed E-state index contributed by atoms with van der Waals surface area (Å²) in [7, 11) is 1.62. The number of hydrogen-bond donors (Lipinski definition) is 1. The summed E-state index contributed by atoms with van der Waals surface area (Å²) >= 11 is 0. The van der Waals surface area contributed by atoms with Gasteiger partial charge in [-0.25, -0.2) is 0 Å². The van der Waals surface area contributed by atoms with E-state index >= 15 is 0 Å². The maximum atomic E-state index is 12.7. The lowest BCUT2D eigenvalue weighted by molar-refractivity contribution is -0.222. The smallest absolute Gasteiger partial charge is 0.376 e. The maximum Gasteiger partial charge on any atom is 0.422 e. The molecular formula is C14H25F3N2O2. The fourth-order valence-corrected chi connectivity index (χ4v) is 2.83. The zero-order valence-corrected chi connectivity index (χ0v) is 13.1. The Morgan fingerprint density at radius 3 is 2.33 bits per heavy atom. The number of ether oxygens (including phenoxy) is 1. The molecule has 21 heavy (non-hydrogen) atoms. The predicted molar refractivity (Wildman–Crippen MR) is 75.2 cm³/mol. The van der Waals surface area contributed by atoms with Crippen molar-refractivity contribution in [1.82, 2.24) is 5.01 Å². The van der Waals surface area contributed by atoms with Crippen LogP contribution in [0.2, 0.25) is 0 Å². The van der Waals surface area contributed by atoms with Gasteiger partial charge in [-0.3, -0.25) is 5.01 Å². The van der Waals surface area contributed by atoms with Crippen molar-refractivity contribution in [1.29, 1.82) is 0 Å². The van der Waals surface area contributed by atoms with Crippen LogP contribution in [0.1, 0.15) is 46.5 Å².